The molecule has 0 bridgehead atoms. The second-order valence-corrected chi connectivity index (χ2v) is 10.1. The van der Waals surface area contributed by atoms with Crippen molar-refractivity contribution in [2.75, 3.05) is 6.61 Å². The van der Waals surface area contributed by atoms with E-state index in [1.165, 1.54) is 11.3 Å². The number of esters is 1. The van der Waals surface area contributed by atoms with Crippen LogP contribution in [0.1, 0.15) is 29.7 Å². The average molecular weight is 592 g/mol. The summed E-state index contributed by atoms with van der Waals surface area (Å²) >= 11 is 3.58. The zero-order chi connectivity index (χ0) is 24.4. The molecular formula is C28H21IN2O3S. The van der Waals surface area contributed by atoms with Gasteiger partial charge >= 0.3 is 5.97 Å². The van der Waals surface area contributed by atoms with E-state index in [0.29, 0.717) is 20.6 Å². The molecule has 1 aliphatic heterocycles. The fourth-order valence-corrected chi connectivity index (χ4v) is 5.46. The number of carbonyl (C=O) groups is 1. The first kappa shape index (κ1) is 23.4. The van der Waals surface area contributed by atoms with Crippen LogP contribution < -0.4 is 14.9 Å². The summed E-state index contributed by atoms with van der Waals surface area (Å²) < 4.78 is 8.78. The number of halogens is 1. The highest BCUT2D eigenvalue weighted by atomic mass is 127. The molecule has 4 aromatic rings. The number of fused-ring (bicyclic) bond motifs is 1. The molecule has 0 N–H and O–H groups in total. The van der Waals surface area contributed by atoms with Crippen LogP contribution in [0.4, 0.5) is 0 Å². The van der Waals surface area contributed by atoms with E-state index in [2.05, 4.69) is 22.6 Å². The third-order valence-electron chi connectivity index (χ3n) is 5.66. The predicted molar refractivity (Wildman–Crippen MR) is 147 cm³/mol. The zero-order valence-electron chi connectivity index (χ0n) is 18.9. The van der Waals surface area contributed by atoms with E-state index in [1.807, 2.05) is 91.0 Å². The topological polar surface area (TPSA) is 60.7 Å². The largest absolute Gasteiger partial charge is 0.463 e. The van der Waals surface area contributed by atoms with Crippen LogP contribution in [0.25, 0.3) is 11.8 Å². The maximum atomic E-state index is 13.7. The maximum Gasteiger partial charge on any atom is 0.338 e. The van der Waals surface area contributed by atoms with Crippen LogP contribution in [0, 0.1) is 3.57 Å². The molecule has 0 radical (unpaired) electrons. The first-order chi connectivity index (χ1) is 17.1. The van der Waals surface area contributed by atoms with Crippen molar-refractivity contribution in [1.29, 1.82) is 0 Å². The number of carbonyl (C=O) groups excluding carboxylic acids is 1. The van der Waals surface area contributed by atoms with Gasteiger partial charge in [0, 0.05) is 9.13 Å². The zero-order valence-corrected chi connectivity index (χ0v) is 21.8. The molecular weight excluding hydrogens is 571 g/mol. The van der Waals surface area contributed by atoms with Gasteiger partial charge in [0.2, 0.25) is 0 Å². The van der Waals surface area contributed by atoms with Crippen molar-refractivity contribution in [3.8, 4) is 0 Å². The Kier molecular flexibility index (Phi) is 6.79. The van der Waals surface area contributed by atoms with E-state index < -0.39 is 12.0 Å². The number of ether oxygens (including phenoxy) is 1. The van der Waals surface area contributed by atoms with Crippen LogP contribution in [0.3, 0.4) is 0 Å². The molecule has 2 heterocycles. The summed E-state index contributed by atoms with van der Waals surface area (Å²) in [6.07, 6.45) is 1.87. The summed E-state index contributed by atoms with van der Waals surface area (Å²) in [6, 6.07) is 26.4. The lowest BCUT2D eigenvalue weighted by Crippen LogP contribution is -2.39. The summed E-state index contributed by atoms with van der Waals surface area (Å²) in [7, 11) is 0. The minimum Gasteiger partial charge on any atom is -0.463 e. The van der Waals surface area contributed by atoms with E-state index in [1.54, 1.807) is 11.5 Å². The lowest BCUT2D eigenvalue weighted by Gasteiger charge is -2.25. The Morgan fingerprint density at radius 3 is 2.34 bits per heavy atom. The van der Waals surface area contributed by atoms with Crippen LogP contribution in [-0.4, -0.2) is 17.1 Å². The molecule has 5 nitrogen and oxygen atoms in total. The van der Waals surface area contributed by atoms with Crippen LogP contribution >= 0.6 is 33.9 Å². The third kappa shape index (κ3) is 4.66. The van der Waals surface area contributed by atoms with Crippen molar-refractivity contribution in [2.45, 2.75) is 13.0 Å². The van der Waals surface area contributed by atoms with Crippen LogP contribution in [0.2, 0.25) is 0 Å². The Morgan fingerprint density at radius 2 is 1.69 bits per heavy atom. The van der Waals surface area contributed by atoms with Crippen molar-refractivity contribution in [1.82, 2.24) is 4.57 Å². The molecule has 1 unspecified atom stereocenters. The van der Waals surface area contributed by atoms with Gasteiger partial charge in [-0.1, -0.05) is 84.1 Å². The van der Waals surface area contributed by atoms with Crippen molar-refractivity contribution in [3.63, 3.8) is 0 Å². The summed E-state index contributed by atoms with van der Waals surface area (Å²) in [5.41, 5.74) is 3.25. The standard InChI is InChI=1S/C28H21IN2O3S/c1-2-34-27(33)23-24(19-9-5-3-6-10-19)30-28-31(25(23)20-11-7-4-8-12-20)26(32)22(35-28)17-18-13-15-21(29)16-14-18/h3-17,25H,2H2,1H3. The Hall–Kier alpha value is -3.30. The fraction of sp³-hybridized carbons (Fsp3) is 0.107. The molecule has 0 spiro atoms. The van der Waals surface area contributed by atoms with Crippen molar-refractivity contribution in [2.24, 2.45) is 4.99 Å². The smallest absolute Gasteiger partial charge is 0.338 e. The monoisotopic (exact) mass is 592 g/mol. The number of hydrogen-bond donors (Lipinski definition) is 0. The third-order valence-corrected chi connectivity index (χ3v) is 7.36. The van der Waals surface area contributed by atoms with Gasteiger partial charge in [0.15, 0.2) is 4.80 Å². The molecule has 0 amide bonds. The molecule has 3 aromatic carbocycles. The molecule has 174 valence electrons. The van der Waals surface area contributed by atoms with Crippen molar-refractivity contribution in [3.05, 3.63) is 130 Å². The van der Waals surface area contributed by atoms with Gasteiger partial charge in [-0.05, 0) is 58.9 Å². The van der Waals surface area contributed by atoms with Crippen molar-refractivity contribution < 1.29 is 9.53 Å². The van der Waals surface area contributed by atoms with Crippen molar-refractivity contribution >= 4 is 51.7 Å². The van der Waals surface area contributed by atoms with Gasteiger partial charge < -0.3 is 4.74 Å². The molecule has 0 saturated carbocycles. The summed E-state index contributed by atoms with van der Waals surface area (Å²) in [6.45, 7) is 2.00. The Balaban J connectivity index is 1.82. The van der Waals surface area contributed by atoms with Gasteiger partial charge in [0.25, 0.3) is 5.56 Å². The minimum atomic E-state index is -0.652. The van der Waals surface area contributed by atoms with Gasteiger partial charge in [-0.15, -0.1) is 0 Å². The summed E-state index contributed by atoms with van der Waals surface area (Å²) in [5, 5.41) is 0. The number of rotatable bonds is 5. The van der Waals surface area contributed by atoms with E-state index >= 15 is 0 Å². The highest BCUT2D eigenvalue weighted by Gasteiger charge is 2.35. The molecule has 5 rings (SSSR count). The molecule has 35 heavy (non-hydrogen) atoms. The maximum absolute atomic E-state index is 13.7. The molecule has 1 aromatic heterocycles. The van der Waals surface area contributed by atoms with E-state index in [0.717, 1.165) is 20.3 Å². The normalized spacial score (nSPS) is 15.5. The quantitative estimate of drug-likeness (QED) is 0.253. The lowest BCUT2D eigenvalue weighted by atomic mass is 9.93. The number of nitrogens with zero attached hydrogens (tertiary/aromatic N) is 2. The van der Waals surface area contributed by atoms with Gasteiger partial charge in [-0.25, -0.2) is 9.79 Å². The van der Waals surface area contributed by atoms with Crippen LogP contribution in [0.5, 0.6) is 0 Å². The van der Waals surface area contributed by atoms with Crippen LogP contribution in [-0.2, 0) is 9.53 Å². The van der Waals surface area contributed by atoms with Gasteiger partial charge in [0.1, 0.15) is 0 Å². The van der Waals surface area contributed by atoms with E-state index in [9.17, 15) is 9.59 Å². The lowest BCUT2D eigenvalue weighted by molar-refractivity contribution is -0.138. The Bertz CT molecular complexity index is 1590. The molecule has 7 heteroatoms. The Labute approximate surface area is 219 Å². The van der Waals surface area contributed by atoms with Gasteiger partial charge in [0.05, 0.1) is 28.5 Å². The van der Waals surface area contributed by atoms with Gasteiger partial charge in [-0.2, -0.15) is 0 Å². The Morgan fingerprint density at radius 1 is 1.03 bits per heavy atom. The predicted octanol–water partition coefficient (Wildman–Crippen LogP) is 4.54. The number of thiazole rings is 1. The molecule has 0 saturated heterocycles. The molecule has 0 fully saturated rings. The number of benzene rings is 3. The molecule has 0 aliphatic carbocycles. The fourth-order valence-electron chi connectivity index (χ4n) is 4.10. The first-order valence-electron chi connectivity index (χ1n) is 11.2. The van der Waals surface area contributed by atoms with E-state index in [4.69, 9.17) is 9.73 Å². The molecule has 1 aliphatic rings. The second-order valence-electron chi connectivity index (χ2n) is 7.89. The van der Waals surface area contributed by atoms with Crippen LogP contribution in [0.15, 0.2) is 100 Å². The SMILES string of the molecule is CCOC(=O)C1=C(c2ccccc2)N=c2sc(=Cc3ccc(I)cc3)c(=O)n2C1c1ccccc1. The number of hydrogen-bond acceptors (Lipinski definition) is 5. The summed E-state index contributed by atoms with van der Waals surface area (Å²) in [4.78, 5) is 32.5. The highest BCUT2D eigenvalue weighted by molar-refractivity contribution is 14.1. The minimum absolute atomic E-state index is 0.185. The second kappa shape index (κ2) is 10.1. The average Bonchev–Trinajstić information content (AvgIpc) is 3.20. The summed E-state index contributed by atoms with van der Waals surface area (Å²) in [5.74, 6) is -0.476. The van der Waals surface area contributed by atoms with E-state index in [-0.39, 0.29) is 12.2 Å². The highest BCUT2D eigenvalue weighted by Crippen LogP contribution is 2.35. The molecule has 1 atom stereocenters. The number of aromatic nitrogens is 1. The van der Waals surface area contributed by atoms with Gasteiger partial charge in [-0.3, -0.25) is 9.36 Å². The first-order valence-corrected chi connectivity index (χ1v) is 13.1.